The summed E-state index contributed by atoms with van der Waals surface area (Å²) in [5.74, 6) is -0.115. The summed E-state index contributed by atoms with van der Waals surface area (Å²) in [5.41, 5.74) is 9.21. The Balaban J connectivity index is 2.20. The van der Waals surface area contributed by atoms with Gasteiger partial charge in [0.2, 0.25) is 0 Å². The maximum absolute atomic E-state index is 12.3. The van der Waals surface area contributed by atoms with Gasteiger partial charge in [-0.15, -0.1) is 0 Å². The molecule has 1 unspecified atom stereocenters. The standard InChI is InChI=1S/C16H17BrN2O/c1-10-7-8-14(17)13(9-10)16(20)19-11(2)12-5-3-4-6-15(12)18/h3-9,11H,18H2,1-2H3,(H,19,20). The van der Waals surface area contributed by atoms with Crippen molar-refractivity contribution < 1.29 is 4.79 Å². The second kappa shape index (κ2) is 6.09. The van der Waals surface area contributed by atoms with E-state index in [1.165, 1.54) is 0 Å². The van der Waals surface area contributed by atoms with Gasteiger partial charge in [-0.05, 0) is 53.5 Å². The second-order valence-electron chi connectivity index (χ2n) is 4.81. The molecule has 0 bridgehead atoms. The molecule has 1 amide bonds. The lowest BCUT2D eigenvalue weighted by Gasteiger charge is -2.17. The summed E-state index contributed by atoms with van der Waals surface area (Å²) in [6.07, 6.45) is 0. The van der Waals surface area contributed by atoms with Crippen LogP contribution in [0, 0.1) is 6.92 Å². The molecule has 4 heteroatoms. The van der Waals surface area contributed by atoms with Gasteiger partial charge in [0, 0.05) is 10.2 Å². The Labute approximate surface area is 127 Å². The van der Waals surface area contributed by atoms with Gasteiger partial charge in [0.15, 0.2) is 0 Å². The first-order valence-electron chi connectivity index (χ1n) is 6.40. The van der Waals surface area contributed by atoms with Crippen LogP contribution in [0.15, 0.2) is 46.9 Å². The fourth-order valence-corrected chi connectivity index (χ4v) is 2.50. The van der Waals surface area contributed by atoms with Crippen LogP contribution < -0.4 is 11.1 Å². The number of halogens is 1. The molecule has 1 atom stereocenters. The minimum atomic E-state index is -0.142. The average molecular weight is 333 g/mol. The van der Waals surface area contributed by atoms with Gasteiger partial charge < -0.3 is 11.1 Å². The Morgan fingerprint density at radius 2 is 1.95 bits per heavy atom. The molecule has 2 aromatic rings. The van der Waals surface area contributed by atoms with E-state index in [2.05, 4.69) is 21.2 Å². The summed E-state index contributed by atoms with van der Waals surface area (Å²) in [4.78, 5) is 12.3. The Kier molecular flexibility index (Phi) is 4.45. The van der Waals surface area contributed by atoms with Crippen molar-refractivity contribution in [3.05, 3.63) is 63.6 Å². The molecule has 3 N–H and O–H groups in total. The number of benzene rings is 2. The minimum absolute atomic E-state index is 0.115. The predicted molar refractivity (Wildman–Crippen MR) is 85.6 cm³/mol. The van der Waals surface area contributed by atoms with Gasteiger partial charge in [-0.3, -0.25) is 4.79 Å². The molecule has 0 saturated heterocycles. The van der Waals surface area contributed by atoms with E-state index in [1.807, 2.05) is 56.3 Å². The number of hydrogen-bond donors (Lipinski definition) is 2. The Bertz CT molecular complexity index is 640. The van der Waals surface area contributed by atoms with Crippen LogP contribution in [0.25, 0.3) is 0 Å². The number of nitrogens with two attached hydrogens (primary N) is 1. The molecule has 0 aliphatic heterocycles. The van der Waals surface area contributed by atoms with E-state index in [4.69, 9.17) is 5.73 Å². The lowest BCUT2D eigenvalue weighted by molar-refractivity contribution is 0.0939. The van der Waals surface area contributed by atoms with E-state index >= 15 is 0 Å². The van der Waals surface area contributed by atoms with E-state index in [0.717, 1.165) is 15.6 Å². The molecule has 20 heavy (non-hydrogen) atoms. The first-order chi connectivity index (χ1) is 9.49. The number of aryl methyl sites for hydroxylation is 1. The molecule has 0 saturated carbocycles. The number of nitrogens with one attached hydrogen (secondary N) is 1. The maximum Gasteiger partial charge on any atom is 0.252 e. The number of carbonyl (C=O) groups excluding carboxylic acids is 1. The number of para-hydroxylation sites is 1. The number of anilines is 1. The van der Waals surface area contributed by atoms with Gasteiger partial charge in [-0.2, -0.15) is 0 Å². The second-order valence-corrected chi connectivity index (χ2v) is 5.66. The molecular formula is C16H17BrN2O. The molecule has 0 spiro atoms. The average Bonchev–Trinajstić information content (AvgIpc) is 2.41. The zero-order valence-corrected chi connectivity index (χ0v) is 13.1. The smallest absolute Gasteiger partial charge is 0.252 e. The van der Waals surface area contributed by atoms with Crippen LogP contribution >= 0.6 is 15.9 Å². The van der Waals surface area contributed by atoms with Gasteiger partial charge in [0.05, 0.1) is 11.6 Å². The first kappa shape index (κ1) is 14.6. The predicted octanol–water partition coefficient (Wildman–Crippen LogP) is 3.83. The van der Waals surface area contributed by atoms with Crippen LogP contribution in [0.3, 0.4) is 0 Å². The number of hydrogen-bond acceptors (Lipinski definition) is 2. The lowest BCUT2D eigenvalue weighted by Crippen LogP contribution is -2.27. The SMILES string of the molecule is Cc1ccc(Br)c(C(=O)NC(C)c2ccccc2N)c1. The largest absolute Gasteiger partial charge is 0.398 e. The quantitative estimate of drug-likeness (QED) is 0.839. The molecule has 2 rings (SSSR count). The van der Waals surface area contributed by atoms with E-state index in [-0.39, 0.29) is 11.9 Å². The number of rotatable bonds is 3. The molecule has 0 aromatic heterocycles. The van der Waals surface area contributed by atoms with Crippen molar-refractivity contribution in [2.45, 2.75) is 19.9 Å². The van der Waals surface area contributed by atoms with E-state index < -0.39 is 0 Å². The van der Waals surface area contributed by atoms with Gasteiger partial charge in [-0.1, -0.05) is 29.8 Å². The lowest BCUT2D eigenvalue weighted by atomic mass is 10.1. The Hall–Kier alpha value is -1.81. The molecule has 0 aliphatic rings. The molecular weight excluding hydrogens is 316 g/mol. The third-order valence-electron chi connectivity index (χ3n) is 3.18. The molecule has 0 fully saturated rings. The third kappa shape index (κ3) is 3.20. The number of carbonyl (C=O) groups is 1. The zero-order chi connectivity index (χ0) is 14.7. The maximum atomic E-state index is 12.3. The molecule has 2 aromatic carbocycles. The first-order valence-corrected chi connectivity index (χ1v) is 7.19. The highest BCUT2D eigenvalue weighted by molar-refractivity contribution is 9.10. The van der Waals surface area contributed by atoms with Crippen molar-refractivity contribution in [1.82, 2.24) is 5.32 Å². The van der Waals surface area contributed by atoms with Gasteiger partial charge in [-0.25, -0.2) is 0 Å². The molecule has 0 aliphatic carbocycles. The normalized spacial score (nSPS) is 11.9. The highest BCUT2D eigenvalue weighted by atomic mass is 79.9. The summed E-state index contributed by atoms with van der Waals surface area (Å²) >= 11 is 3.41. The number of amides is 1. The van der Waals surface area contributed by atoms with E-state index in [0.29, 0.717) is 11.3 Å². The Morgan fingerprint density at radius 3 is 2.65 bits per heavy atom. The van der Waals surface area contributed by atoms with E-state index in [1.54, 1.807) is 0 Å². The third-order valence-corrected chi connectivity index (χ3v) is 3.87. The van der Waals surface area contributed by atoms with E-state index in [9.17, 15) is 4.79 Å². The molecule has 104 valence electrons. The van der Waals surface area contributed by atoms with Gasteiger partial charge >= 0.3 is 0 Å². The minimum Gasteiger partial charge on any atom is -0.398 e. The van der Waals surface area contributed by atoms with Crippen molar-refractivity contribution in [3.63, 3.8) is 0 Å². The molecule has 0 heterocycles. The fourth-order valence-electron chi connectivity index (χ4n) is 2.07. The van der Waals surface area contributed by atoms with Crippen LogP contribution in [0.2, 0.25) is 0 Å². The fraction of sp³-hybridized carbons (Fsp3) is 0.188. The molecule has 0 radical (unpaired) electrons. The van der Waals surface area contributed by atoms with Crippen LogP contribution in [0.1, 0.15) is 34.5 Å². The van der Waals surface area contributed by atoms with Crippen molar-refractivity contribution in [2.24, 2.45) is 0 Å². The topological polar surface area (TPSA) is 55.1 Å². The summed E-state index contributed by atoms with van der Waals surface area (Å²) in [5, 5.41) is 2.97. The monoisotopic (exact) mass is 332 g/mol. The van der Waals surface area contributed by atoms with Crippen LogP contribution in [-0.2, 0) is 0 Å². The summed E-state index contributed by atoms with van der Waals surface area (Å²) in [6.45, 7) is 3.88. The van der Waals surface area contributed by atoms with Gasteiger partial charge in [0.25, 0.3) is 5.91 Å². The summed E-state index contributed by atoms with van der Waals surface area (Å²) < 4.78 is 0.786. The number of nitrogen functional groups attached to an aromatic ring is 1. The highest BCUT2D eigenvalue weighted by Crippen LogP contribution is 2.22. The van der Waals surface area contributed by atoms with Gasteiger partial charge in [0.1, 0.15) is 0 Å². The van der Waals surface area contributed by atoms with Crippen LogP contribution in [-0.4, -0.2) is 5.91 Å². The van der Waals surface area contributed by atoms with Crippen molar-refractivity contribution in [2.75, 3.05) is 5.73 Å². The Morgan fingerprint density at radius 1 is 1.25 bits per heavy atom. The van der Waals surface area contributed by atoms with Crippen molar-refractivity contribution >= 4 is 27.5 Å². The van der Waals surface area contributed by atoms with Crippen LogP contribution in [0.4, 0.5) is 5.69 Å². The van der Waals surface area contributed by atoms with Crippen molar-refractivity contribution in [1.29, 1.82) is 0 Å². The zero-order valence-electron chi connectivity index (χ0n) is 11.5. The highest BCUT2D eigenvalue weighted by Gasteiger charge is 2.15. The summed E-state index contributed by atoms with van der Waals surface area (Å²) in [7, 11) is 0. The van der Waals surface area contributed by atoms with Crippen molar-refractivity contribution in [3.8, 4) is 0 Å². The summed E-state index contributed by atoms with van der Waals surface area (Å²) in [6, 6.07) is 13.1. The van der Waals surface area contributed by atoms with Crippen LogP contribution in [0.5, 0.6) is 0 Å². The molecule has 3 nitrogen and oxygen atoms in total.